The highest BCUT2D eigenvalue weighted by Gasteiger charge is 2.46. The van der Waals surface area contributed by atoms with Crippen LogP contribution in [0.1, 0.15) is 45.2 Å². The average Bonchev–Trinajstić information content (AvgIpc) is 2.62. The summed E-state index contributed by atoms with van der Waals surface area (Å²) in [7, 11) is 0. The summed E-state index contributed by atoms with van der Waals surface area (Å²) in [6.07, 6.45) is 0.898. The molecular weight excluding hydrogens is 280 g/mol. The van der Waals surface area contributed by atoms with Crippen LogP contribution in [0.5, 0.6) is 0 Å². The van der Waals surface area contributed by atoms with Gasteiger partial charge in [-0.15, -0.1) is 0 Å². The van der Waals surface area contributed by atoms with E-state index in [1.165, 1.54) is 5.56 Å². The number of benzene rings is 1. The Bertz CT molecular complexity index is 561. The molecule has 1 aromatic carbocycles. The Balaban J connectivity index is 2.28. The first-order chi connectivity index (χ1) is 9.73. The predicted octanol–water partition coefficient (Wildman–Crippen LogP) is 3.73. The number of thiocarbonyl (C=S) groups is 1. The number of nitrogens with zero attached hydrogens (tertiary/aromatic N) is 2. The van der Waals surface area contributed by atoms with E-state index in [1.54, 1.807) is 11.9 Å². The van der Waals surface area contributed by atoms with Crippen LogP contribution in [0.2, 0.25) is 0 Å². The molecule has 0 fully saturated rings. The molecular formula is C17H24N2OS. The van der Waals surface area contributed by atoms with Crippen LogP contribution < -0.4 is 0 Å². The zero-order valence-electron chi connectivity index (χ0n) is 13.4. The lowest BCUT2D eigenvalue weighted by Gasteiger charge is -2.34. The Morgan fingerprint density at radius 3 is 2.43 bits per heavy atom. The van der Waals surface area contributed by atoms with Crippen LogP contribution in [0.25, 0.3) is 0 Å². The van der Waals surface area contributed by atoms with Gasteiger partial charge in [-0.25, -0.2) is 5.01 Å². The smallest absolute Gasteiger partial charge is 0.164 e. The van der Waals surface area contributed by atoms with Crippen LogP contribution in [0.3, 0.4) is 0 Å². The fourth-order valence-corrected chi connectivity index (χ4v) is 3.17. The number of hydrazone groups is 1. The number of hydrogen-bond acceptors (Lipinski definition) is 3. The third-order valence-electron chi connectivity index (χ3n) is 4.05. The quantitative estimate of drug-likeness (QED) is 0.864. The average molecular weight is 304 g/mol. The van der Waals surface area contributed by atoms with Crippen molar-refractivity contribution in [2.75, 3.05) is 0 Å². The number of rotatable bonds is 3. The summed E-state index contributed by atoms with van der Waals surface area (Å²) in [6, 6.07) is 8.01. The molecule has 3 nitrogen and oxygen atoms in total. The molecule has 21 heavy (non-hydrogen) atoms. The van der Waals surface area contributed by atoms with Crippen molar-refractivity contribution in [3.8, 4) is 0 Å². The van der Waals surface area contributed by atoms with Crippen LogP contribution in [0.4, 0.5) is 0 Å². The standard InChI is InChI=1S/C17H24N2OS/c1-11(2)10-15-13(4)18-19(17(15,5)20)16(21)14-8-6-12(3)7-9-14/h6-9,11,15,20H,10H2,1-5H3. The van der Waals surface area contributed by atoms with E-state index in [2.05, 4.69) is 18.9 Å². The number of aryl methyl sites for hydroxylation is 1. The Hall–Kier alpha value is -1.26. The van der Waals surface area contributed by atoms with E-state index in [-0.39, 0.29) is 5.92 Å². The topological polar surface area (TPSA) is 35.8 Å². The molecule has 2 unspecified atom stereocenters. The first-order valence-corrected chi connectivity index (χ1v) is 7.83. The summed E-state index contributed by atoms with van der Waals surface area (Å²) in [5, 5.41) is 17.1. The molecule has 1 aromatic rings. The van der Waals surface area contributed by atoms with E-state index in [1.807, 2.05) is 38.1 Å². The van der Waals surface area contributed by atoms with Crippen LogP contribution in [-0.4, -0.2) is 26.5 Å². The summed E-state index contributed by atoms with van der Waals surface area (Å²) in [6.45, 7) is 10.1. The first-order valence-electron chi connectivity index (χ1n) is 7.42. The highest BCUT2D eigenvalue weighted by molar-refractivity contribution is 7.80. The maximum atomic E-state index is 10.9. The maximum absolute atomic E-state index is 10.9. The molecule has 4 heteroatoms. The summed E-state index contributed by atoms with van der Waals surface area (Å²) in [4.78, 5) is 0.575. The van der Waals surface area contributed by atoms with E-state index < -0.39 is 5.72 Å². The van der Waals surface area contributed by atoms with Gasteiger partial charge in [-0.3, -0.25) is 0 Å². The third-order valence-corrected chi connectivity index (χ3v) is 4.46. The molecule has 2 atom stereocenters. The molecule has 0 radical (unpaired) electrons. The van der Waals surface area contributed by atoms with Gasteiger partial charge in [0.15, 0.2) is 5.72 Å². The van der Waals surface area contributed by atoms with Crippen LogP contribution >= 0.6 is 12.2 Å². The predicted molar refractivity (Wildman–Crippen MR) is 91.4 cm³/mol. The zero-order valence-corrected chi connectivity index (χ0v) is 14.2. The molecule has 1 aliphatic heterocycles. The third kappa shape index (κ3) is 3.16. The highest BCUT2D eigenvalue weighted by atomic mass is 32.1. The minimum atomic E-state index is -1.06. The lowest BCUT2D eigenvalue weighted by atomic mass is 9.86. The fourth-order valence-electron chi connectivity index (χ4n) is 2.81. The molecule has 0 bridgehead atoms. The molecule has 0 saturated heterocycles. The van der Waals surface area contributed by atoms with Gasteiger partial charge in [0.05, 0.1) is 0 Å². The van der Waals surface area contributed by atoms with Gasteiger partial charge >= 0.3 is 0 Å². The highest BCUT2D eigenvalue weighted by Crippen LogP contribution is 2.36. The Kier molecular flexibility index (Phi) is 4.49. The molecule has 1 aliphatic rings. The van der Waals surface area contributed by atoms with Crippen molar-refractivity contribution < 1.29 is 5.11 Å². The van der Waals surface area contributed by atoms with E-state index in [0.717, 1.165) is 17.7 Å². The van der Waals surface area contributed by atoms with Gasteiger partial charge in [0.2, 0.25) is 0 Å². The van der Waals surface area contributed by atoms with Crippen molar-refractivity contribution in [3.63, 3.8) is 0 Å². The van der Waals surface area contributed by atoms with Gasteiger partial charge in [0, 0.05) is 17.2 Å². The second-order valence-electron chi connectivity index (χ2n) is 6.50. The Labute approximate surface area is 132 Å². The van der Waals surface area contributed by atoms with Gasteiger partial charge in [-0.05, 0) is 33.1 Å². The maximum Gasteiger partial charge on any atom is 0.164 e. The van der Waals surface area contributed by atoms with E-state index in [4.69, 9.17) is 12.2 Å². The van der Waals surface area contributed by atoms with Crippen molar-refractivity contribution in [2.45, 2.75) is 46.8 Å². The molecule has 0 saturated carbocycles. The molecule has 0 aliphatic carbocycles. The van der Waals surface area contributed by atoms with Gasteiger partial charge in [-0.1, -0.05) is 55.9 Å². The van der Waals surface area contributed by atoms with Gasteiger partial charge < -0.3 is 5.11 Å². The second kappa shape index (κ2) is 5.85. The molecule has 0 amide bonds. The largest absolute Gasteiger partial charge is 0.369 e. The van der Waals surface area contributed by atoms with Gasteiger partial charge in [0.25, 0.3) is 0 Å². The minimum absolute atomic E-state index is 0.0147. The molecule has 0 spiro atoms. The van der Waals surface area contributed by atoms with Crippen molar-refractivity contribution in [1.29, 1.82) is 0 Å². The van der Waals surface area contributed by atoms with Crippen molar-refractivity contribution in [2.24, 2.45) is 16.9 Å². The van der Waals surface area contributed by atoms with Crippen LogP contribution in [0, 0.1) is 18.8 Å². The minimum Gasteiger partial charge on any atom is -0.369 e. The fraction of sp³-hybridized carbons (Fsp3) is 0.529. The van der Waals surface area contributed by atoms with E-state index >= 15 is 0 Å². The monoisotopic (exact) mass is 304 g/mol. The van der Waals surface area contributed by atoms with E-state index in [9.17, 15) is 5.11 Å². The SMILES string of the molecule is CC1=NN(C(=S)c2ccc(C)cc2)C(C)(O)C1CC(C)C. The number of aliphatic hydroxyl groups is 1. The summed E-state index contributed by atoms with van der Waals surface area (Å²) < 4.78 is 0. The summed E-state index contributed by atoms with van der Waals surface area (Å²) in [5.41, 5.74) is 1.99. The summed E-state index contributed by atoms with van der Waals surface area (Å²) in [5.74, 6) is 0.514. The van der Waals surface area contributed by atoms with Crippen LogP contribution in [-0.2, 0) is 0 Å². The normalized spacial score (nSPS) is 25.4. The lowest BCUT2D eigenvalue weighted by molar-refractivity contribution is -0.0681. The van der Waals surface area contributed by atoms with E-state index in [0.29, 0.717) is 10.9 Å². The molecule has 0 aromatic heterocycles. The van der Waals surface area contributed by atoms with Gasteiger partial charge in [-0.2, -0.15) is 5.10 Å². The zero-order chi connectivity index (χ0) is 15.8. The first kappa shape index (κ1) is 16.1. The van der Waals surface area contributed by atoms with Crippen molar-refractivity contribution in [1.82, 2.24) is 5.01 Å². The van der Waals surface area contributed by atoms with Crippen LogP contribution in [0.15, 0.2) is 29.4 Å². The molecule has 2 rings (SSSR count). The number of hydrogen-bond donors (Lipinski definition) is 1. The second-order valence-corrected chi connectivity index (χ2v) is 6.89. The van der Waals surface area contributed by atoms with Crippen molar-refractivity contribution in [3.05, 3.63) is 35.4 Å². The molecule has 114 valence electrons. The lowest BCUT2D eigenvalue weighted by Crippen LogP contribution is -2.48. The Morgan fingerprint density at radius 1 is 1.33 bits per heavy atom. The van der Waals surface area contributed by atoms with Crippen molar-refractivity contribution >= 4 is 22.9 Å². The summed E-state index contributed by atoms with van der Waals surface area (Å²) >= 11 is 5.55. The molecule has 1 N–H and O–H groups in total. The van der Waals surface area contributed by atoms with Gasteiger partial charge in [0.1, 0.15) is 4.99 Å². The molecule has 1 heterocycles. The Morgan fingerprint density at radius 2 is 1.90 bits per heavy atom.